The Labute approximate surface area is 188 Å². The van der Waals surface area contributed by atoms with E-state index in [4.69, 9.17) is 4.74 Å². The third-order valence-corrected chi connectivity index (χ3v) is 6.37. The quantitative estimate of drug-likeness (QED) is 0.471. The fourth-order valence-electron chi connectivity index (χ4n) is 3.84. The number of hydrogen-bond acceptors (Lipinski definition) is 7. The molecule has 0 spiro atoms. The van der Waals surface area contributed by atoms with Crippen LogP contribution >= 0.6 is 11.5 Å². The zero-order chi connectivity index (χ0) is 22.1. The van der Waals surface area contributed by atoms with Gasteiger partial charge in [-0.15, -0.1) is 0 Å². The highest BCUT2D eigenvalue weighted by Crippen LogP contribution is 2.35. The molecular formula is C23H20FN5O2S. The molecule has 0 saturated carbocycles. The number of aromatic nitrogens is 3. The predicted molar refractivity (Wildman–Crippen MR) is 122 cm³/mol. The fraction of sp³-hybridized carbons (Fsp3) is 0.217. The van der Waals surface area contributed by atoms with E-state index in [1.54, 1.807) is 30.5 Å². The molecule has 162 valence electrons. The molecule has 0 atom stereocenters. The van der Waals surface area contributed by atoms with Gasteiger partial charge in [-0.05, 0) is 54.0 Å². The zero-order valence-electron chi connectivity index (χ0n) is 17.4. The number of ether oxygens (including phenoxy) is 1. The first-order valence-corrected chi connectivity index (χ1v) is 11.0. The fourth-order valence-corrected chi connectivity index (χ4v) is 4.71. The van der Waals surface area contributed by atoms with Crippen molar-refractivity contribution in [1.82, 2.24) is 19.2 Å². The maximum Gasteiger partial charge on any atom is 0.254 e. The highest BCUT2D eigenvalue weighted by Gasteiger charge is 2.25. The van der Waals surface area contributed by atoms with Crippen LogP contribution in [0.5, 0.6) is 5.75 Å². The summed E-state index contributed by atoms with van der Waals surface area (Å²) < 4.78 is 24.3. The Kier molecular flexibility index (Phi) is 5.40. The van der Waals surface area contributed by atoms with Crippen molar-refractivity contribution in [2.45, 2.75) is 0 Å². The monoisotopic (exact) mass is 449 g/mol. The van der Waals surface area contributed by atoms with Crippen molar-refractivity contribution in [3.8, 4) is 17.0 Å². The van der Waals surface area contributed by atoms with Gasteiger partial charge in [0.15, 0.2) is 5.82 Å². The molecule has 1 fully saturated rings. The summed E-state index contributed by atoms with van der Waals surface area (Å²) in [4.78, 5) is 25.6. The molecule has 9 heteroatoms. The van der Waals surface area contributed by atoms with E-state index in [9.17, 15) is 9.18 Å². The minimum atomic E-state index is -0.407. The van der Waals surface area contributed by atoms with E-state index in [0.29, 0.717) is 31.7 Å². The molecule has 2 aromatic heterocycles. The van der Waals surface area contributed by atoms with Crippen molar-refractivity contribution in [1.29, 1.82) is 0 Å². The van der Waals surface area contributed by atoms with E-state index in [2.05, 4.69) is 19.2 Å². The number of fused-ring (bicyclic) bond motifs is 1. The number of methoxy groups -OCH3 is 1. The lowest BCUT2D eigenvalue weighted by Crippen LogP contribution is -2.49. The number of piperazine rings is 1. The molecule has 1 amide bonds. The average molecular weight is 450 g/mol. The number of halogens is 1. The second kappa shape index (κ2) is 8.51. The Morgan fingerprint density at radius 3 is 2.56 bits per heavy atom. The van der Waals surface area contributed by atoms with Crippen LogP contribution in [0.25, 0.3) is 21.5 Å². The van der Waals surface area contributed by atoms with Crippen LogP contribution in [-0.4, -0.2) is 58.4 Å². The Balaban J connectivity index is 1.36. The summed E-state index contributed by atoms with van der Waals surface area (Å²) in [7, 11) is 1.64. The van der Waals surface area contributed by atoms with Crippen LogP contribution in [0.4, 0.5) is 10.2 Å². The van der Waals surface area contributed by atoms with Gasteiger partial charge in [0.25, 0.3) is 5.91 Å². The molecule has 5 rings (SSSR count). The number of anilines is 1. The summed E-state index contributed by atoms with van der Waals surface area (Å²) >= 11 is 1.37. The number of carbonyl (C=O) groups is 1. The van der Waals surface area contributed by atoms with Crippen LogP contribution in [0.1, 0.15) is 10.4 Å². The minimum absolute atomic E-state index is 0.156. The van der Waals surface area contributed by atoms with Crippen LogP contribution < -0.4 is 9.64 Å². The van der Waals surface area contributed by atoms with Crippen molar-refractivity contribution in [2.75, 3.05) is 38.2 Å². The zero-order valence-corrected chi connectivity index (χ0v) is 18.2. The molecule has 4 aromatic rings. The number of hydrogen-bond donors (Lipinski definition) is 0. The second-order valence-corrected chi connectivity index (χ2v) is 8.20. The van der Waals surface area contributed by atoms with Gasteiger partial charge in [-0.3, -0.25) is 4.79 Å². The number of amides is 1. The van der Waals surface area contributed by atoms with E-state index < -0.39 is 5.82 Å². The molecule has 0 radical (unpaired) electrons. The molecule has 0 unspecified atom stereocenters. The van der Waals surface area contributed by atoms with Gasteiger partial charge < -0.3 is 14.5 Å². The Hall–Kier alpha value is -3.59. The molecule has 1 aliphatic rings. The molecular weight excluding hydrogens is 429 g/mol. The maximum absolute atomic E-state index is 13.5. The van der Waals surface area contributed by atoms with Crippen LogP contribution in [0.3, 0.4) is 0 Å². The number of rotatable bonds is 4. The number of benzene rings is 2. The van der Waals surface area contributed by atoms with Gasteiger partial charge in [-0.2, -0.15) is 4.37 Å². The minimum Gasteiger partial charge on any atom is -0.497 e. The molecule has 1 aliphatic heterocycles. The maximum atomic E-state index is 13.5. The van der Waals surface area contributed by atoms with Gasteiger partial charge in [0.05, 0.1) is 7.11 Å². The second-order valence-electron chi connectivity index (χ2n) is 7.42. The first-order chi connectivity index (χ1) is 15.6. The summed E-state index contributed by atoms with van der Waals surface area (Å²) in [5.74, 6) is 1.05. The summed E-state index contributed by atoms with van der Waals surface area (Å²) in [6.07, 6.45) is 1.56. The third-order valence-electron chi connectivity index (χ3n) is 5.54. The van der Waals surface area contributed by atoms with Crippen molar-refractivity contribution in [2.24, 2.45) is 0 Å². The first kappa shape index (κ1) is 20.3. The van der Waals surface area contributed by atoms with Gasteiger partial charge in [0, 0.05) is 37.3 Å². The largest absolute Gasteiger partial charge is 0.497 e. The van der Waals surface area contributed by atoms with Crippen LogP contribution in [0, 0.1) is 5.82 Å². The highest BCUT2D eigenvalue weighted by atomic mass is 32.1. The van der Waals surface area contributed by atoms with Crippen LogP contribution in [0.15, 0.2) is 54.9 Å². The highest BCUT2D eigenvalue weighted by molar-refractivity contribution is 7.14. The van der Waals surface area contributed by atoms with E-state index in [0.717, 1.165) is 33.0 Å². The molecule has 7 nitrogen and oxygen atoms in total. The molecule has 1 saturated heterocycles. The lowest BCUT2D eigenvalue weighted by atomic mass is 10.1. The standard InChI is InChI=1S/C23H20FN5O2S/c1-31-18-7-5-15(6-8-18)19-20-21(32-27-19)22(26-14-25-20)28-9-11-29(12-10-28)23(30)16-3-2-4-17(24)13-16/h2-8,13-14H,9-12H2,1H3. The average Bonchev–Trinajstić information content (AvgIpc) is 3.28. The molecule has 0 bridgehead atoms. The Bertz CT molecular complexity index is 1270. The number of nitrogens with zero attached hydrogens (tertiary/aromatic N) is 5. The van der Waals surface area contributed by atoms with E-state index in [-0.39, 0.29) is 5.91 Å². The van der Waals surface area contributed by atoms with Gasteiger partial charge in [-0.1, -0.05) is 6.07 Å². The lowest BCUT2D eigenvalue weighted by molar-refractivity contribution is 0.0746. The molecule has 2 aromatic carbocycles. The lowest BCUT2D eigenvalue weighted by Gasteiger charge is -2.35. The predicted octanol–water partition coefficient (Wildman–Crippen LogP) is 3.86. The van der Waals surface area contributed by atoms with Crippen molar-refractivity contribution in [3.63, 3.8) is 0 Å². The van der Waals surface area contributed by atoms with E-state index >= 15 is 0 Å². The normalized spacial score (nSPS) is 14.1. The van der Waals surface area contributed by atoms with Gasteiger partial charge in [0.2, 0.25) is 0 Å². The first-order valence-electron chi connectivity index (χ1n) is 10.2. The SMILES string of the molecule is COc1ccc(-c2nsc3c(N4CCN(C(=O)c5cccc(F)c5)CC4)ncnc23)cc1. The third kappa shape index (κ3) is 3.75. The summed E-state index contributed by atoms with van der Waals surface area (Å²) in [5, 5.41) is 0. The van der Waals surface area contributed by atoms with Gasteiger partial charge in [-0.25, -0.2) is 14.4 Å². The summed E-state index contributed by atoms with van der Waals surface area (Å²) in [6, 6.07) is 13.5. The Morgan fingerprint density at radius 1 is 1.06 bits per heavy atom. The van der Waals surface area contributed by atoms with Crippen molar-refractivity contribution >= 4 is 33.5 Å². The summed E-state index contributed by atoms with van der Waals surface area (Å²) in [6.45, 7) is 2.32. The molecule has 0 aliphatic carbocycles. The van der Waals surface area contributed by atoms with Gasteiger partial charge in [0.1, 0.15) is 33.8 Å². The number of carbonyl (C=O) groups excluding carboxylic acids is 1. The van der Waals surface area contributed by atoms with Crippen LogP contribution in [0.2, 0.25) is 0 Å². The van der Waals surface area contributed by atoms with E-state index in [1.165, 1.54) is 23.7 Å². The van der Waals surface area contributed by atoms with Crippen molar-refractivity contribution < 1.29 is 13.9 Å². The van der Waals surface area contributed by atoms with Crippen LogP contribution in [-0.2, 0) is 0 Å². The summed E-state index contributed by atoms with van der Waals surface area (Å²) in [5.41, 5.74) is 2.96. The Morgan fingerprint density at radius 2 is 1.84 bits per heavy atom. The van der Waals surface area contributed by atoms with Gasteiger partial charge >= 0.3 is 0 Å². The van der Waals surface area contributed by atoms with Crippen molar-refractivity contribution in [3.05, 3.63) is 66.2 Å². The van der Waals surface area contributed by atoms with E-state index in [1.807, 2.05) is 24.3 Å². The molecule has 32 heavy (non-hydrogen) atoms. The molecule has 3 heterocycles. The smallest absolute Gasteiger partial charge is 0.254 e. The topological polar surface area (TPSA) is 71.5 Å². The molecule has 0 N–H and O–H groups in total.